The Morgan fingerprint density at radius 1 is 0.412 bits per heavy atom. The summed E-state index contributed by atoms with van der Waals surface area (Å²) in [5, 5.41) is 122. The van der Waals surface area contributed by atoms with E-state index in [-0.39, 0.29) is 50.3 Å². The summed E-state index contributed by atoms with van der Waals surface area (Å²) in [7, 11) is 0. The van der Waals surface area contributed by atoms with Crippen LogP contribution in [0.4, 0.5) is 0 Å². The van der Waals surface area contributed by atoms with Gasteiger partial charge in [0.1, 0.15) is 60.1 Å². The zero-order chi connectivity index (χ0) is 69.5. The van der Waals surface area contributed by atoms with Crippen LogP contribution in [0.25, 0.3) is 0 Å². The molecule has 85 heavy (non-hydrogen) atoms. The standard InChI is InChI=1S/C9H11NO3.C6H14N2O2.C5H10N2O3.C5H9NO4.C5H11NO2.C4H7NO4.2C3H7NO3.C3H7NO2.C2H5NO2/c10-8(9(12)13)5-6-1-3-7(11)4-2-6;7-4-2-1-3-5(8)6(9)10;2*6-3(5(9)10)1-2-4(7)8;1-3(2)4(6)5(7)8;5-2(4(8)9)1-3(6)7;2*4-2(1-5)3(6)7;1-2(4)3(5)6;3-1-2(4)5/h1-4,8,11H,5,10H2,(H,12,13);5H,1-4,7-8H2,(H,9,10);3H,1-2,6H2,(H2,7,8)(H,9,10);3H,1-2,6H2,(H,7,8)(H,9,10);3-4H,6H2,1-2H3,(H,7,8);2H,1,5H2,(H,6,7)(H,8,9);2*2,5H,1,4H2,(H,6,7);2H,4H2,1H3,(H,5,6);1,3H2,(H,4,5). The van der Waals surface area contributed by atoms with E-state index in [0.29, 0.717) is 13.0 Å². The van der Waals surface area contributed by atoms with Crippen molar-refractivity contribution in [3.8, 4) is 5.75 Å². The van der Waals surface area contributed by atoms with Crippen molar-refractivity contribution < 1.29 is 139 Å². The molecule has 496 valence electrons. The van der Waals surface area contributed by atoms with E-state index in [1.54, 1.807) is 26.0 Å². The highest BCUT2D eigenvalue weighted by molar-refractivity contribution is 5.80. The van der Waals surface area contributed by atoms with Crippen molar-refractivity contribution in [1.29, 1.82) is 0 Å². The number of aliphatic hydroxyl groups excluding tert-OH is 2. The van der Waals surface area contributed by atoms with Gasteiger partial charge in [0, 0.05) is 12.8 Å². The number of carbonyl (C=O) groups excluding carboxylic acids is 1. The number of phenols is 1. The third kappa shape index (κ3) is 82.2. The molecule has 40 nitrogen and oxygen atoms in total. The largest absolute Gasteiger partial charge is 0.508 e. The van der Waals surface area contributed by atoms with Crippen molar-refractivity contribution in [1.82, 2.24) is 0 Å². The summed E-state index contributed by atoms with van der Waals surface area (Å²) in [5.41, 5.74) is 60.3. The van der Waals surface area contributed by atoms with Gasteiger partial charge < -0.3 is 145 Å². The van der Waals surface area contributed by atoms with Gasteiger partial charge in [-0.05, 0) is 69.2 Å². The van der Waals surface area contributed by atoms with Crippen molar-refractivity contribution in [2.45, 2.75) is 133 Å². The Bertz CT molecular complexity index is 2020. The molecule has 0 spiro atoms. The zero-order valence-corrected chi connectivity index (χ0v) is 46.7. The summed E-state index contributed by atoms with van der Waals surface area (Å²) >= 11 is 0. The van der Waals surface area contributed by atoms with E-state index in [1.165, 1.54) is 19.1 Å². The Morgan fingerprint density at radius 3 is 0.918 bits per heavy atom. The fraction of sp³-hybridized carbons (Fsp3) is 0.578. The Labute approximate surface area is 485 Å². The summed E-state index contributed by atoms with van der Waals surface area (Å²) in [6.45, 7) is 4.29. The van der Waals surface area contributed by atoms with E-state index in [0.717, 1.165) is 18.4 Å². The monoisotopic (exact) mass is 1240 g/mol. The minimum Gasteiger partial charge on any atom is -0.508 e. The second-order valence-electron chi connectivity index (χ2n) is 16.5. The molecule has 0 aliphatic carbocycles. The first kappa shape index (κ1) is 95.8. The van der Waals surface area contributed by atoms with Crippen LogP contribution in [-0.4, -0.2) is 235 Å². The Balaban J connectivity index is -0.000000109. The first-order chi connectivity index (χ1) is 38.7. The molecule has 39 N–H and O–H groups in total. The van der Waals surface area contributed by atoms with Gasteiger partial charge in [-0.2, -0.15) is 0 Å². The Morgan fingerprint density at radius 2 is 0.729 bits per heavy atom. The van der Waals surface area contributed by atoms with E-state index >= 15 is 0 Å². The summed E-state index contributed by atoms with van der Waals surface area (Å²) in [6, 6.07) is -2.31. The van der Waals surface area contributed by atoms with Gasteiger partial charge in [-0.25, -0.2) is 0 Å². The lowest BCUT2D eigenvalue weighted by Gasteiger charge is -2.07. The molecule has 0 heterocycles. The molecule has 1 rings (SSSR count). The lowest BCUT2D eigenvalue weighted by Crippen LogP contribution is -2.34. The number of aliphatic hydroxyl groups is 2. The molecule has 0 saturated heterocycles. The summed E-state index contributed by atoms with van der Waals surface area (Å²) in [6.07, 6.45) is 1.80. The predicted molar refractivity (Wildman–Crippen MR) is 294 cm³/mol. The van der Waals surface area contributed by atoms with Crippen LogP contribution in [0, 0.1) is 5.92 Å². The maximum Gasteiger partial charge on any atom is 0.322 e. The molecule has 1 aromatic carbocycles. The van der Waals surface area contributed by atoms with Crippen LogP contribution in [-0.2, 0) is 68.7 Å². The first-order valence-corrected chi connectivity index (χ1v) is 23.9. The topological polar surface area (TPSA) is 838 Å². The quantitative estimate of drug-likeness (QED) is 0.0364. The minimum absolute atomic E-state index is 0.0208. The number of amides is 1. The fourth-order valence-corrected chi connectivity index (χ4v) is 3.15. The highest BCUT2D eigenvalue weighted by Crippen LogP contribution is 2.10. The van der Waals surface area contributed by atoms with Crippen LogP contribution in [0.15, 0.2) is 24.3 Å². The molecule has 0 radical (unpaired) electrons. The maximum atomic E-state index is 10.4. The van der Waals surface area contributed by atoms with Gasteiger partial charge >= 0.3 is 71.6 Å². The molecule has 9 atom stereocenters. The molecule has 1 amide bonds. The van der Waals surface area contributed by atoms with E-state index in [9.17, 15) is 62.3 Å². The molecule has 9 unspecified atom stereocenters. The number of rotatable bonds is 27. The fourth-order valence-electron chi connectivity index (χ4n) is 3.15. The number of nitrogens with two attached hydrogens (primary N) is 12. The lowest BCUT2D eigenvalue weighted by atomic mass is 10.1. The van der Waals surface area contributed by atoms with Gasteiger partial charge in [-0.3, -0.25) is 62.3 Å². The molecule has 0 fully saturated rings. The van der Waals surface area contributed by atoms with E-state index in [2.05, 4.69) is 5.73 Å². The van der Waals surface area contributed by atoms with Crippen molar-refractivity contribution in [3.05, 3.63) is 29.8 Å². The average Bonchev–Trinajstić information content (AvgIpc) is 3.40. The molecule has 40 heteroatoms. The third-order valence-corrected chi connectivity index (χ3v) is 8.31. The van der Waals surface area contributed by atoms with Crippen LogP contribution >= 0.6 is 0 Å². The number of benzene rings is 1. The lowest BCUT2D eigenvalue weighted by molar-refractivity contribution is -0.144. The average molecular weight is 1250 g/mol. The summed E-state index contributed by atoms with van der Waals surface area (Å²) < 4.78 is 0. The van der Waals surface area contributed by atoms with E-state index in [4.69, 9.17) is 140 Å². The van der Waals surface area contributed by atoms with Crippen LogP contribution in [0.5, 0.6) is 5.75 Å². The van der Waals surface area contributed by atoms with Gasteiger partial charge in [0.2, 0.25) is 5.91 Å². The molecule has 0 aromatic heterocycles. The molecule has 1 aromatic rings. The summed E-state index contributed by atoms with van der Waals surface area (Å²) in [4.78, 5) is 128. The second-order valence-corrected chi connectivity index (χ2v) is 16.5. The third-order valence-electron chi connectivity index (χ3n) is 8.31. The Kier molecular flexibility index (Phi) is 67.9. The van der Waals surface area contributed by atoms with Crippen molar-refractivity contribution in [3.63, 3.8) is 0 Å². The SMILES string of the molecule is CC(C)C(N)C(=O)O.CC(N)C(=O)O.NC(=O)CCC(N)C(=O)O.NC(CC(=O)O)C(=O)O.NC(CCC(=O)O)C(=O)O.NC(CO)C(=O)O.NC(CO)C(=O)O.NC(Cc1ccc(O)cc1)C(=O)O.NCC(=O)O.NCCCCC(N)C(=O)O. The molecular weight excluding hydrogens is 1160 g/mol. The van der Waals surface area contributed by atoms with Crippen molar-refractivity contribution in [2.75, 3.05) is 26.3 Å². The van der Waals surface area contributed by atoms with Gasteiger partial charge in [-0.15, -0.1) is 0 Å². The Hall–Kier alpha value is -8.39. The van der Waals surface area contributed by atoms with Crippen LogP contribution in [0.3, 0.4) is 0 Å². The maximum absolute atomic E-state index is 10.4. The van der Waals surface area contributed by atoms with Gasteiger partial charge in [-0.1, -0.05) is 32.4 Å². The van der Waals surface area contributed by atoms with Crippen LogP contribution < -0.4 is 68.8 Å². The number of phenolic OH excluding ortho intramolecular Hbond substituents is 1. The highest BCUT2D eigenvalue weighted by atomic mass is 16.4. The number of aromatic hydroxyl groups is 1. The van der Waals surface area contributed by atoms with Crippen molar-refractivity contribution >= 4 is 77.5 Å². The number of hydrogen-bond acceptors (Lipinski definition) is 27. The number of carbonyl (C=O) groups is 13. The molecule has 0 saturated carbocycles. The molecular formula is C45H88N12O28. The molecule has 0 bridgehead atoms. The van der Waals surface area contributed by atoms with Crippen LogP contribution in [0.2, 0.25) is 0 Å². The number of carboxylic acid groups (broad SMARTS) is 12. The second kappa shape index (κ2) is 60.2. The summed E-state index contributed by atoms with van der Waals surface area (Å²) in [5.74, 6) is -13.3. The number of carboxylic acids is 12. The first-order valence-electron chi connectivity index (χ1n) is 23.9. The van der Waals surface area contributed by atoms with Gasteiger partial charge in [0.15, 0.2) is 0 Å². The van der Waals surface area contributed by atoms with E-state index < -0.39 is 152 Å². The van der Waals surface area contributed by atoms with Gasteiger partial charge in [0.25, 0.3) is 0 Å². The van der Waals surface area contributed by atoms with Crippen LogP contribution in [0.1, 0.15) is 77.7 Å². The molecule has 0 aliphatic heterocycles. The zero-order valence-electron chi connectivity index (χ0n) is 46.7. The van der Waals surface area contributed by atoms with E-state index in [1.807, 2.05) is 0 Å². The van der Waals surface area contributed by atoms with Gasteiger partial charge in [0.05, 0.1) is 26.2 Å². The smallest absolute Gasteiger partial charge is 0.322 e. The van der Waals surface area contributed by atoms with Crippen molar-refractivity contribution in [2.24, 2.45) is 74.7 Å². The number of primary amides is 1. The number of hydrogen-bond donors (Lipinski definition) is 27. The number of aliphatic carboxylic acids is 12. The predicted octanol–water partition coefficient (Wildman–Crippen LogP) is -8.04. The molecule has 0 aliphatic rings. The minimum atomic E-state index is -1.29. The normalized spacial score (nSPS) is 12.6. The highest BCUT2D eigenvalue weighted by Gasteiger charge is 2.17. The number of unbranched alkanes of at least 4 members (excludes halogenated alkanes) is 1.